The molecule has 2 aliphatic rings. The molecule has 0 aromatic carbocycles. The Kier molecular flexibility index (Phi) is 3.67. The van der Waals surface area contributed by atoms with Gasteiger partial charge in [0.15, 0.2) is 0 Å². The summed E-state index contributed by atoms with van der Waals surface area (Å²) >= 11 is 1.87. The van der Waals surface area contributed by atoms with Gasteiger partial charge in [0.1, 0.15) is 0 Å². The third-order valence-corrected chi connectivity index (χ3v) is 5.73. The van der Waals surface area contributed by atoms with E-state index in [0.29, 0.717) is 6.10 Å². The van der Waals surface area contributed by atoms with E-state index in [0.717, 1.165) is 25.5 Å². The van der Waals surface area contributed by atoms with E-state index in [1.807, 2.05) is 11.3 Å². The Hall–Kier alpha value is -0.450. The minimum Gasteiger partial charge on any atom is -0.377 e. The first-order valence-corrected chi connectivity index (χ1v) is 8.15. The third kappa shape index (κ3) is 2.58. The molecule has 19 heavy (non-hydrogen) atoms. The normalized spacial score (nSPS) is 31.0. The van der Waals surface area contributed by atoms with Crippen LogP contribution in [0, 0.1) is 25.2 Å². The van der Waals surface area contributed by atoms with E-state index in [1.54, 1.807) is 0 Å². The number of thiazole rings is 1. The molecule has 1 aromatic rings. The summed E-state index contributed by atoms with van der Waals surface area (Å²) in [5.74, 6) is 0.804. The van der Waals surface area contributed by atoms with Crippen molar-refractivity contribution in [2.75, 3.05) is 20.2 Å². The van der Waals surface area contributed by atoms with Crippen molar-refractivity contribution in [3.63, 3.8) is 0 Å². The Morgan fingerprint density at radius 2 is 2.21 bits per heavy atom. The van der Waals surface area contributed by atoms with Crippen LogP contribution in [0.15, 0.2) is 0 Å². The highest BCUT2D eigenvalue weighted by molar-refractivity contribution is 7.11. The minimum atomic E-state index is 0.270. The predicted octanol–water partition coefficient (Wildman–Crippen LogP) is 2.71. The van der Waals surface area contributed by atoms with Crippen molar-refractivity contribution < 1.29 is 4.74 Å². The van der Waals surface area contributed by atoms with Gasteiger partial charge in [-0.05, 0) is 46.1 Å². The van der Waals surface area contributed by atoms with E-state index in [-0.39, 0.29) is 5.41 Å². The average Bonchev–Trinajstić information content (AvgIpc) is 3.05. The predicted molar refractivity (Wildman–Crippen MR) is 78.7 cm³/mol. The molecule has 3 rings (SSSR count). The first kappa shape index (κ1) is 13.5. The van der Waals surface area contributed by atoms with Gasteiger partial charge in [-0.2, -0.15) is 0 Å². The van der Waals surface area contributed by atoms with Gasteiger partial charge in [-0.1, -0.05) is 0 Å². The lowest BCUT2D eigenvalue weighted by Crippen LogP contribution is -2.42. The second-order valence-corrected chi connectivity index (χ2v) is 7.49. The van der Waals surface area contributed by atoms with Gasteiger partial charge in [0.05, 0.1) is 16.8 Å². The molecule has 0 radical (unpaired) electrons. The molecule has 2 heterocycles. The molecule has 1 N–H and O–H groups in total. The fraction of sp³-hybridized carbons (Fsp3) is 0.800. The third-order valence-electron chi connectivity index (χ3n) is 4.66. The number of ether oxygens (including phenoxy) is 1. The smallest absolute Gasteiger partial charge is 0.0937 e. The van der Waals surface area contributed by atoms with E-state index in [1.165, 1.54) is 34.8 Å². The maximum Gasteiger partial charge on any atom is 0.0937 e. The van der Waals surface area contributed by atoms with Crippen LogP contribution in [0.4, 0.5) is 0 Å². The van der Waals surface area contributed by atoms with Crippen LogP contribution in [0.5, 0.6) is 0 Å². The van der Waals surface area contributed by atoms with Gasteiger partial charge in [0, 0.05) is 29.9 Å². The lowest BCUT2D eigenvalue weighted by Gasteiger charge is -2.33. The van der Waals surface area contributed by atoms with E-state index in [2.05, 4.69) is 26.2 Å². The molecule has 1 saturated heterocycles. The first-order chi connectivity index (χ1) is 9.14. The Balaban J connectivity index is 1.83. The fourth-order valence-electron chi connectivity index (χ4n) is 3.45. The second-order valence-electron chi connectivity index (χ2n) is 6.20. The molecule has 0 amide bonds. The van der Waals surface area contributed by atoms with E-state index >= 15 is 0 Å². The molecule has 1 aliphatic heterocycles. The van der Waals surface area contributed by atoms with Crippen molar-refractivity contribution in [3.05, 3.63) is 15.6 Å². The van der Waals surface area contributed by atoms with Gasteiger partial charge in [-0.3, -0.25) is 0 Å². The number of rotatable bonds is 5. The monoisotopic (exact) mass is 280 g/mol. The number of hydrogen-bond donors (Lipinski definition) is 1. The van der Waals surface area contributed by atoms with E-state index in [9.17, 15) is 0 Å². The highest BCUT2D eigenvalue weighted by Gasteiger charge is 2.50. The molecule has 0 spiro atoms. The van der Waals surface area contributed by atoms with Crippen LogP contribution in [-0.2, 0) is 11.2 Å². The van der Waals surface area contributed by atoms with Gasteiger partial charge in [0.25, 0.3) is 0 Å². The Bertz CT molecular complexity index is 435. The van der Waals surface area contributed by atoms with Gasteiger partial charge in [-0.25, -0.2) is 4.98 Å². The highest BCUT2D eigenvalue weighted by atomic mass is 32.1. The van der Waals surface area contributed by atoms with Crippen LogP contribution < -0.4 is 5.32 Å². The van der Waals surface area contributed by atoms with Gasteiger partial charge >= 0.3 is 0 Å². The van der Waals surface area contributed by atoms with Crippen LogP contribution in [-0.4, -0.2) is 31.3 Å². The van der Waals surface area contributed by atoms with Crippen molar-refractivity contribution in [1.82, 2.24) is 10.3 Å². The minimum absolute atomic E-state index is 0.270. The SMILES string of the molecule is CNCC1(Cc2nc(C)c(C)s2)CCOC1C1CC1. The number of nitrogens with zero attached hydrogens (tertiary/aromatic N) is 1. The summed E-state index contributed by atoms with van der Waals surface area (Å²) < 4.78 is 6.09. The summed E-state index contributed by atoms with van der Waals surface area (Å²) in [6.07, 6.45) is 5.41. The molecule has 1 saturated carbocycles. The van der Waals surface area contributed by atoms with Gasteiger partial charge in [-0.15, -0.1) is 11.3 Å². The van der Waals surface area contributed by atoms with Crippen molar-refractivity contribution in [1.29, 1.82) is 0 Å². The van der Waals surface area contributed by atoms with Crippen LogP contribution in [0.2, 0.25) is 0 Å². The number of aryl methyl sites for hydroxylation is 2. The summed E-state index contributed by atoms with van der Waals surface area (Å²) in [7, 11) is 2.06. The van der Waals surface area contributed by atoms with Crippen LogP contribution in [0.1, 0.15) is 34.8 Å². The highest BCUT2D eigenvalue weighted by Crippen LogP contribution is 2.49. The molecule has 2 fully saturated rings. The zero-order valence-corrected chi connectivity index (χ0v) is 13.0. The molecule has 0 bridgehead atoms. The second kappa shape index (κ2) is 5.15. The lowest BCUT2D eigenvalue weighted by atomic mass is 9.76. The molecule has 1 aromatic heterocycles. The standard InChI is InChI=1S/C15H24N2OS/c1-10-11(2)19-13(17-10)8-15(9-16-3)6-7-18-14(15)12-4-5-12/h12,14,16H,4-9H2,1-3H3. The largest absolute Gasteiger partial charge is 0.377 e. The summed E-state index contributed by atoms with van der Waals surface area (Å²) in [4.78, 5) is 6.11. The zero-order valence-electron chi connectivity index (χ0n) is 12.2. The quantitative estimate of drug-likeness (QED) is 0.900. The molecule has 4 heteroatoms. The summed E-state index contributed by atoms with van der Waals surface area (Å²) in [6.45, 7) is 6.26. The molecule has 2 unspecified atom stereocenters. The average molecular weight is 280 g/mol. The molecule has 2 atom stereocenters. The Morgan fingerprint density at radius 1 is 1.42 bits per heavy atom. The summed E-state index contributed by atoms with van der Waals surface area (Å²) in [6, 6.07) is 0. The van der Waals surface area contributed by atoms with Crippen molar-refractivity contribution in [3.8, 4) is 0 Å². The van der Waals surface area contributed by atoms with E-state index < -0.39 is 0 Å². The molecule has 106 valence electrons. The van der Waals surface area contributed by atoms with Crippen molar-refractivity contribution in [2.24, 2.45) is 11.3 Å². The summed E-state index contributed by atoms with van der Waals surface area (Å²) in [5, 5.41) is 4.69. The molecular formula is C15H24N2OS. The summed E-state index contributed by atoms with van der Waals surface area (Å²) in [5.41, 5.74) is 1.47. The molecule has 3 nitrogen and oxygen atoms in total. The first-order valence-electron chi connectivity index (χ1n) is 7.34. The number of aromatic nitrogens is 1. The van der Waals surface area contributed by atoms with E-state index in [4.69, 9.17) is 9.72 Å². The van der Waals surface area contributed by atoms with Crippen LogP contribution in [0.3, 0.4) is 0 Å². The Labute approximate surface area is 119 Å². The lowest BCUT2D eigenvalue weighted by molar-refractivity contribution is 0.0314. The van der Waals surface area contributed by atoms with Crippen molar-refractivity contribution >= 4 is 11.3 Å². The van der Waals surface area contributed by atoms with Gasteiger partial charge < -0.3 is 10.1 Å². The molecular weight excluding hydrogens is 256 g/mol. The topological polar surface area (TPSA) is 34.2 Å². The number of hydrogen-bond acceptors (Lipinski definition) is 4. The van der Waals surface area contributed by atoms with Crippen LogP contribution in [0.25, 0.3) is 0 Å². The maximum atomic E-state index is 6.09. The fourth-order valence-corrected chi connectivity index (χ4v) is 4.54. The zero-order chi connectivity index (χ0) is 13.5. The molecule has 1 aliphatic carbocycles. The van der Waals surface area contributed by atoms with Crippen LogP contribution >= 0.6 is 11.3 Å². The maximum absolute atomic E-state index is 6.09. The van der Waals surface area contributed by atoms with Crippen molar-refractivity contribution in [2.45, 2.75) is 45.6 Å². The number of nitrogens with one attached hydrogen (secondary N) is 1. The van der Waals surface area contributed by atoms with Gasteiger partial charge in [0.2, 0.25) is 0 Å². The Morgan fingerprint density at radius 3 is 2.79 bits per heavy atom.